The lowest BCUT2D eigenvalue weighted by Gasteiger charge is -2.46. The maximum Gasteiger partial charge on any atom is 0.220 e. The van der Waals surface area contributed by atoms with Gasteiger partial charge in [-0.15, -0.1) is 0 Å². The summed E-state index contributed by atoms with van der Waals surface area (Å²) < 4.78 is 22.9. The number of hydrogen-bond donors (Lipinski definition) is 9. The van der Waals surface area contributed by atoms with E-state index in [9.17, 15) is 45.6 Å². The van der Waals surface area contributed by atoms with Crippen molar-refractivity contribution in [3.8, 4) is 0 Å². The predicted octanol–water partition coefficient (Wildman–Crippen LogP) is 19.4. The molecule has 2 aliphatic rings. The number of nitrogens with one attached hydrogen (secondary N) is 1. The third-order valence-corrected chi connectivity index (χ3v) is 20.9. The zero-order valence-electron chi connectivity index (χ0n) is 63.1. The van der Waals surface area contributed by atoms with Crippen molar-refractivity contribution in [2.24, 2.45) is 0 Å². The van der Waals surface area contributed by atoms with Gasteiger partial charge in [0, 0.05) is 6.42 Å². The Morgan fingerprint density at radius 3 is 0.979 bits per heavy atom. The third kappa shape index (κ3) is 50.5. The molecule has 0 aromatic heterocycles. The van der Waals surface area contributed by atoms with Crippen LogP contribution in [0.4, 0.5) is 0 Å². The molecule has 14 heteroatoms. The molecule has 0 aromatic rings. The highest BCUT2D eigenvalue weighted by atomic mass is 16.7. The molecule has 2 saturated heterocycles. The van der Waals surface area contributed by atoms with Crippen LogP contribution in [0.25, 0.3) is 0 Å². The zero-order chi connectivity index (χ0) is 70.1. The Hall–Kier alpha value is -1.53. The first-order valence-electron chi connectivity index (χ1n) is 42.1. The first-order valence-corrected chi connectivity index (χ1v) is 42.1. The fourth-order valence-corrected chi connectivity index (χ4v) is 14.2. The molecule has 9 N–H and O–H groups in total. The SMILES string of the molecule is CCCCCCCCCC/C=C\CCCCCCCCCCCCCCCCCCCCCCCCCC(=O)NC(COC1OC(CO)C(OC2OC(CO)C(O)C(O)C2O)C(O)C1O)C(O)/C=C/CCCCCCCCCCCCCCCCCCCCCCCCCCCC. The highest BCUT2D eigenvalue weighted by Gasteiger charge is 2.51. The van der Waals surface area contributed by atoms with Gasteiger partial charge in [0.2, 0.25) is 5.91 Å². The number of unbranched alkanes of at least 4 members (excludes halogenated alkanes) is 57. The van der Waals surface area contributed by atoms with Crippen LogP contribution in [0.2, 0.25) is 0 Å². The van der Waals surface area contributed by atoms with Crippen LogP contribution in [0.1, 0.15) is 406 Å². The van der Waals surface area contributed by atoms with E-state index in [-0.39, 0.29) is 18.9 Å². The maximum absolute atomic E-state index is 13.4. The molecule has 0 saturated carbocycles. The second-order valence-electron chi connectivity index (χ2n) is 30.0. The summed E-state index contributed by atoms with van der Waals surface area (Å²) in [6.45, 7) is 2.88. The third-order valence-electron chi connectivity index (χ3n) is 20.9. The maximum atomic E-state index is 13.4. The minimum absolute atomic E-state index is 0.229. The molecule has 97 heavy (non-hydrogen) atoms. The lowest BCUT2D eigenvalue weighted by atomic mass is 9.97. The topological polar surface area (TPSA) is 228 Å². The molecule has 574 valence electrons. The molecule has 0 spiro atoms. The highest BCUT2D eigenvalue weighted by Crippen LogP contribution is 2.30. The van der Waals surface area contributed by atoms with Gasteiger partial charge in [-0.05, 0) is 44.9 Å². The van der Waals surface area contributed by atoms with E-state index >= 15 is 0 Å². The van der Waals surface area contributed by atoms with Gasteiger partial charge in [0.05, 0.1) is 32.0 Å². The van der Waals surface area contributed by atoms with Gasteiger partial charge in [0.1, 0.15) is 48.8 Å². The number of carbonyl (C=O) groups is 1. The Labute approximate surface area is 596 Å². The minimum atomic E-state index is -1.79. The molecule has 12 atom stereocenters. The van der Waals surface area contributed by atoms with Gasteiger partial charge < -0.3 is 65.1 Å². The average Bonchev–Trinajstić information content (AvgIpc) is 0.793. The van der Waals surface area contributed by atoms with Crippen LogP contribution in [-0.4, -0.2) is 140 Å². The van der Waals surface area contributed by atoms with Crippen LogP contribution in [0.3, 0.4) is 0 Å². The minimum Gasteiger partial charge on any atom is -0.394 e. The number of rotatable bonds is 72. The Kier molecular flexibility index (Phi) is 63.8. The monoisotopic (exact) mass is 1380 g/mol. The zero-order valence-corrected chi connectivity index (χ0v) is 63.1. The molecule has 2 heterocycles. The quantitative estimate of drug-likeness (QED) is 0.0204. The van der Waals surface area contributed by atoms with Crippen LogP contribution >= 0.6 is 0 Å². The van der Waals surface area contributed by atoms with Gasteiger partial charge in [-0.3, -0.25) is 4.79 Å². The summed E-state index contributed by atoms with van der Waals surface area (Å²) >= 11 is 0. The van der Waals surface area contributed by atoms with E-state index in [2.05, 4.69) is 31.3 Å². The normalized spacial score (nSPS) is 22.2. The van der Waals surface area contributed by atoms with Gasteiger partial charge in [-0.1, -0.05) is 378 Å². The fraction of sp³-hybridized carbons (Fsp3) is 0.940. The van der Waals surface area contributed by atoms with Gasteiger partial charge in [-0.2, -0.15) is 0 Å². The summed E-state index contributed by atoms with van der Waals surface area (Å²) in [6, 6.07) is -0.914. The van der Waals surface area contributed by atoms with Gasteiger partial charge >= 0.3 is 0 Å². The standard InChI is InChI=1S/C83H159NO13/c1-3-5-7-9-11-13-15-17-19-21-23-25-27-29-31-33-34-35-36-37-38-39-41-43-45-47-49-51-53-55-57-59-61-63-65-67-75(88)84-71(70-94-82-80(93)78(91)81(74(69-86)96-82)97-83-79(92)77(90)76(89)73(68-85)95-83)72(87)66-64-62-60-58-56-54-52-50-48-46-44-42-40-32-30-28-26-24-22-20-18-16-14-12-10-8-6-4-2/h21,23,64,66,71-74,76-83,85-87,89-93H,3-20,22,24-63,65,67-70H2,1-2H3,(H,84,88)/b23-21-,66-64+. The Morgan fingerprint density at radius 1 is 0.361 bits per heavy atom. The average molecular weight is 1380 g/mol. The second-order valence-corrected chi connectivity index (χ2v) is 30.0. The second kappa shape index (κ2) is 67.6. The van der Waals surface area contributed by atoms with Crippen LogP contribution in [0.5, 0.6) is 0 Å². The smallest absolute Gasteiger partial charge is 0.220 e. The van der Waals surface area contributed by atoms with E-state index in [1.165, 1.54) is 340 Å². The summed E-state index contributed by atoms with van der Waals surface area (Å²) in [5.41, 5.74) is 0. The van der Waals surface area contributed by atoms with Crippen LogP contribution in [0, 0.1) is 0 Å². The Bertz CT molecular complexity index is 1720. The highest BCUT2D eigenvalue weighted by molar-refractivity contribution is 5.76. The van der Waals surface area contributed by atoms with E-state index in [0.717, 1.165) is 38.5 Å². The summed E-state index contributed by atoms with van der Waals surface area (Å²) in [4.78, 5) is 13.4. The van der Waals surface area contributed by atoms with Crippen molar-refractivity contribution in [1.82, 2.24) is 5.32 Å². The molecule has 1 amide bonds. The van der Waals surface area contributed by atoms with E-state index < -0.39 is 86.8 Å². The lowest BCUT2D eigenvalue weighted by Crippen LogP contribution is -2.65. The molecule has 0 bridgehead atoms. The largest absolute Gasteiger partial charge is 0.394 e. The van der Waals surface area contributed by atoms with Crippen molar-refractivity contribution in [1.29, 1.82) is 0 Å². The molecule has 2 fully saturated rings. The number of amides is 1. The van der Waals surface area contributed by atoms with Crippen molar-refractivity contribution >= 4 is 5.91 Å². The molecule has 0 radical (unpaired) electrons. The number of ether oxygens (including phenoxy) is 4. The lowest BCUT2D eigenvalue weighted by molar-refractivity contribution is -0.359. The van der Waals surface area contributed by atoms with Crippen molar-refractivity contribution in [2.75, 3.05) is 19.8 Å². The van der Waals surface area contributed by atoms with E-state index in [0.29, 0.717) is 6.42 Å². The van der Waals surface area contributed by atoms with Crippen molar-refractivity contribution in [2.45, 2.75) is 479 Å². The van der Waals surface area contributed by atoms with Gasteiger partial charge in [0.25, 0.3) is 0 Å². The summed E-state index contributed by atoms with van der Waals surface area (Å²) in [7, 11) is 0. The summed E-state index contributed by atoms with van der Waals surface area (Å²) in [6.07, 6.45) is 71.3. The first kappa shape index (κ1) is 91.6. The van der Waals surface area contributed by atoms with Crippen LogP contribution < -0.4 is 5.32 Å². The van der Waals surface area contributed by atoms with Crippen molar-refractivity contribution in [3.63, 3.8) is 0 Å². The summed E-state index contributed by atoms with van der Waals surface area (Å²) in [5, 5.41) is 87.8. The summed E-state index contributed by atoms with van der Waals surface area (Å²) in [5.74, 6) is -0.229. The number of hydrogen-bond acceptors (Lipinski definition) is 13. The molecule has 0 aromatic carbocycles. The van der Waals surface area contributed by atoms with E-state index in [4.69, 9.17) is 18.9 Å². The molecular formula is C83H159NO13. The predicted molar refractivity (Wildman–Crippen MR) is 402 cm³/mol. The number of aliphatic hydroxyl groups excluding tert-OH is 8. The Morgan fingerprint density at radius 2 is 0.649 bits per heavy atom. The molecular weight excluding hydrogens is 1220 g/mol. The van der Waals surface area contributed by atoms with Crippen LogP contribution in [0.15, 0.2) is 24.3 Å². The number of aliphatic hydroxyl groups is 8. The van der Waals surface area contributed by atoms with E-state index in [1.54, 1.807) is 6.08 Å². The molecule has 12 unspecified atom stereocenters. The number of carbonyl (C=O) groups excluding carboxylic acids is 1. The first-order chi connectivity index (χ1) is 47.6. The van der Waals surface area contributed by atoms with Crippen LogP contribution in [-0.2, 0) is 23.7 Å². The van der Waals surface area contributed by atoms with Gasteiger partial charge in [0.15, 0.2) is 12.6 Å². The fourth-order valence-electron chi connectivity index (χ4n) is 14.2. The Balaban J connectivity index is 1.59. The van der Waals surface area contributed by atoms with Crippen molar-refractivity contribution < 1.29 is 64.6 Å². The number of allylic oxidation sites excluding steroid dienone is 3. The molecule has 2 rings (SSSR count). The van der Waals surface area contributed by atoms with Crippen molar-refractivity contribution in [3.05, 3.63) is 24.3 Å². The van der Waals surface area contributed by atoms with E-state index in [1.807, 2.05) is 6.08 Å². The molecule has 2 aliphatic heterocycles. The molecule has 0 aliphatic carbocycles. The van der Waals surface area contributed by atoms with Gasteiger partial charge in [-0.25, -0.2) is 0 Å². The molecule has 14 nitrogen and oxygen atoms in total.